The van der Waals surface area contributed by atoms with Crippen molar-refractivity contribution in [2.45, 2.75) is 20.3 Å². The molecule has 1 fully saturated rings. The molecule has 0 aromatic heterocycles. The summed E-state index contributed by atoms with van der Waals surface area (Å²) in [7, 11) is -3.33. The van der Waals surface area contributed by atoms with Crippen molar-refractivity contribution < 1.29 is 8.42 Å². The summed E-state index contributed by atoms with van der Waals surface area (Å²) in [5, 5.41) is 0. The molecule has 1 aliphatic rings. The number of benzene rings is 1. The van der Waals surface area contributed by atoms with Crippen LogP contribution in [0.5, 0.6) is 0 Å². The van der Waals surface area contributed by atoms with Gasteiger partial charge in [-0.25, -0.2) is 0 Å². The average molecular weight is 240 g/mol. The fraction of sp³-hybridized carbons (Fsp3) is 0.455. The fourth-order valence-corrected chi connectivity index (χ4v) is 3.35. The summed E-state index contributed by atoms with van der Waals surface area (Å²) < 4.78 is 27.7. The van der Waals surface area contributed by atoms with Crippen LogP contribution in [0.15, 0.2) is 18.2 Å². The lowest BCUT2D eigenvalue weighted by atomic mass is 10.1. The Morgan fingerprint density at radius 1 is 1.31 bits per heavy atom. The summed E-state index contributed by atoms with van der Waals surface area (Å²) in [5.41, 5.74) is 2.91. The molecule has 1 saturated heterocycles. The normalized spacial score (nSPS) is 19.8. The molecule has 0 atom stereocenters. The zero-order chi connectivity index (χ0) is 11.8. The monoisotopic (exact) mass is 240 g/mol. The summed E-state index contributed by atoms with van der Waals surface area (Å²) >= 11 is 0. The van der Waals surface area contributed by atoms with Gasteiger partial charge in [-0.3, -0.25) is 4.31 Å². The van der Waals surface area contributed by atoms with Crippen molar-refractivity contribution in [2.75, 3.05) is 17.4 Å². The van der Waals surface area contributed by atoms with Gasteiger partial charge in [-0.2, -0.15) is 13.1 Å². The molecule has 1 aromatic carbocycles. The van der Waals surface area contributed by atoms with Crippen molar-refractivity contribution in [3.05, 3.63) is 29.3 Å². The number of hydrogen-bond acceptors (Lipinski definition) is 2. The largest absolute Gasteiger partial charge is 0.301 e. The molecule has 0 saturated carbocycles. The predicted octanol–water partition coefficient (Wildman–Crippen LogP) is 1.35. The zero-order valence-corrected chi connectivity index (χ0v) is 10.3. The Labute approximate surface area is 96.5 Å². The number of aryl methyl sites for hydroxylation is 2. The summed E-state index contributed by atoms with van der Waals surface area (Å²) in [6, 6.07) is 5.81. The van der Waals surface area contributed by atoms with Crippen LogP contribution in [0.25, 0.3) is 0 Å². The van der Waals surface area contributed by atoms with Gasteiger partial charge in [0.2, 0.25) is 0 Å². The second-order valence-corrected chi connectivity index (χ2v) is 5.79. The minimum absolute atomic E-state index is 0.531. The molecule has 4 nitrogen and oxygen atoms in total. The second kappa shape index (κ2) is 4.07. The summed E-state index contributed by atoms with van der Waals surface area (Å²) in [6.07, 6.45) is 0.840. The first-order valence-electron chi connectivity index (χ1n) is 5.35. The van der Waals surface area contributed by atoms with Crippen LogP contribution >= 0.6 is 0 Å². The number of rotatable bonds is 1. The lowest BCUT2D eigenvalue weighted by molar-refractivity contribution is 0.560. The molecule has 2 rings (SSSR count). The average Bonchev–Trinajstić information content (AvgIpc) is 2.19. The first-order chi connectivity index (χ1) is 7.50. The second-order valence-electron chi connectivity index (χ2n) is 4.12. The maximum atomic E-state index is 11.8. The van der Waals surface area contributed by atoms with E-state index in [1.54, 1.807) is 0 Å². The van der Waals surface area contributed by atoms with Crippen LogP contribution < -0.4 is 9.03 Å². The molecular weight excluding hydrogens is 224 g/mol. The van der Waals surface area contributed by atoms with Gasteiger partial charge in [-0.1, -0.05) is 17.7 Å². The maximum Gasteiger partial charge on any atom is 0.301 e. The van der Waals surface area contributed by atoms with E-state index in [9.17, 15) is 8.42 Å². The van der Waals surface area contributed by atoms with E-state index in [2.05, 4.69) is 4.72 Å². The number of anilines is 1. The number of hydrogen-bond donors (Lipinski definition) is 1. The Bertz CT molecular complexity index is 497. The topological polar surface area (TPSA) is 49.4 Å². The van der Waals surface area contributed by atoms with E-state index in [-0.39, 0.29) is 0 Å². The van der Waals surface area contributed by atoms with Gasteiger partial charge in [0, 0.05) is 13.1 Å². The highest BCUT2D eigenvalue weighted by Gasteiger charge is 2.26. The Morgan fingerprint density at radius 2 is 2.06 bits per heavy atom. The number of nitrogens with zero attached hydrogens (tertiary/aromatic N) is 1. The van der Waals surface area contributed by atoms with Gasteiger partial charge >= 0.3 is 10.2 Å². The minimum Gasteiger partial charge on any atom is -0.258 e. The third-order valence-electron chi connectivity index (χ3n) is 2.73. The molecule has 16 heavy (non-hydrogen) atoms. The van der Waals surface area contributed by atoms with E-state index >= 15 is 0 Å². The van der Waals surface area contributed by atoms with Gasteiger partial charge in [0.05, 0.1) is 5.69 Å². The molecule has 5 heteroatoms. The van der Waals surface area contributed by atoms with Crippen LogP contribution in [-0.4, -0.2) is 21.5 Å². The molecule has 88 valence electrons. The van der Waals surface area contributed by atoms with Gasteiger partial charge in [0.25, 0.3) is 0 Å². The molecule has 1 N–H and O–H groups in total. The minimum atomic E-state index is -3.33. The molecule has 1 aliphatic heterocycles. The molecule has 1 heterocycles. The number of nitrogens with one attached hydrogen (secondary N) is 1. The Hall–Kier alpha value is -1.07. The molecular formula is C11H16N2O2S. The van der Waals surface area contributed by atoms with Crippen LogP contribution in [0.4, 0.5) is 5.69 Å². The highest BCUT2D eigenvalue weighted by molar-refractivity contribution is 7.90. The van der Waals surface area contributed by atoms with Gasteiger partial charge in [0.1, 0.15) is 0 Å². The fourth-order valence-electron chi connectivity index (χ4n) is 1.96. The first kappa shape index (κ1) is 11.4. The Balaban J connectivity index is 2.43. The molecule has 0 bridgehead atoms. The highest BCUT2D eigenvalue weighted by atomic mass is 32.2. The standard InChI is InChI=1S/C11H16N2O2S/c1-9-4-5-11(10(2)8-9)13-7-3-6-12-16(13,14)15/h4-5,8,12H,3,6-7H2,1-2H3. The predicted molar refractivity (Wildman–Crippen MR) is 64.8 cm³/mol. The summed E-state index contributed by atoms with van der Waals surface area (Å²) in [6.45, 7) is 5.02. The molecule has 0 spiro atoms. The van der Waals surface area contributed by atoms with E-state index in [0.717, 1.165) is 23.2 Å². The SMILES string of the molecule is Cc1ccc(N2CCCNS2(=O)=O)c(C)c1. The third kappa shape index (κ3) is 2.05. The summed E-state index contributed by atoms with van der Waals surface area (Å²) in [5.74, 6) is 0. The van der Waals surface area contributed by atoms with Crippen LogP contribution in [0.2, 0.25) is 0 Å². The van der Waals surface area contributed by atoms with E-state index in [4.69, 9.17) is 0 Å². The van der Waals surface area contributed by atoms with E-state index in [0.29, 0.717) is 13.1 Å². The van der Waals surface area contributed by atoms with E-state index in [1.165, 1.54) is 4.31 Å². The third-order valence-corrected chi connectivity index (χ3v) is 4.26. The van der Waals surface area contributed by atoms with Crippen molar-refractivity contribution in [2.24, 2.45) is 0 Å². The Morgan fingerprint density at radius 3 is 2.69 bits per heavy atom. The zero-order valence-electron chi connectivity index (χ0n) is 9.53. The van der Waals surface area contributed by atoms with Crippen molar-refractivity contribution in [1.82, 2.24) is 4.72 Å². The van der Waals surface area contributed by atoms with E-state index in [1.807, 2.05) is 32.0 Å². The van der Waals surface area contributed by atoms with Crippen LogP contribution in [-0.2, 0) is 10.2 Å². The van der Waals surface area contributed by atoms with Gasteiger partial charge < -0.3 is 0 Å². The maximum absolute atomic E-state index is 11.8. The molecule has 0 aliphatic carbocycles. The van der Waals surface area contributed by atoms with Gasteiger partial charge in [-0.15, -0.1) is 0 Å². The molecule has 0 amide bonds. The van der Waals surface area contributed by atoms with E-state index < -0.39 is 10.2 Å². The van der Waals surface area contributed by atoms with Gasteiger partial charge in [-0.05, 0) is 31.9 Å². The highest BCUT2D eigenvalue weighted by Crippen LogP contribution is 2.24. The van der Waals surface area contributed by atoms with Crippen molar-refractivity contribution in [3.63, 3.8) is 0 Å². The molecule has 0 unspecified atom stereocenters. The smallest absolute Gasteiger partial charge is 0.258 e. The Kier molecular flexibility index (Phi) is 2.90. The molecule has 0 radical (unpaired) electrons. The van der Waals surface area contributed by atoms with Crippen LogP contribution in [0.1, 0.15) is 17.5 Å². The van der Waals surface area contributed by atoms with Crippen LogP contribution in [0.3, 0.4) is 0 Å². The van der Waals surface area contributed by atoms with Crippen molar-refractivity contribution in [3.8, 4) is 0 Å². The van der Waals surface area contributed by atoms with Gasteiger partial charge in [0.15, 0.2) is 0 Å². The van der Waals surface area contributed by atoms with Crippen LogP contribution in [0, 0.1) is 13.8 Å². The lowest BCUT2D eigenvalue weighted by Crippen LogP contribution is -2.47. The molecule has 1 aromatic rings. The first-order valence-corrected chi connectivity index (χ1v) is 6.79. The lowest BCUT2D eigenvalue weighted by Gasteiger charge is -2.29. The van der Waals surface area contributed by atoms with Crippen molar-refractivity contribution >= 4 is 15.9 Å². The summed E-state index contributed by atoms with van der Waals surface area (Å²) in [4.78, 5) is 0. The quantitative estimate of drug-likeness (QED) is 0.805. The van der Waals surface area contributed by atoms with Crippen molar-refractivity contribution in [1.29, 1.82) is 0 Å².